The van der Waals surface area contributed by atoms with Gasteiger partial charge in [0, 0.05) is 13.0 Å². The van der Waals surface area contributed by atoms with Crippen LogP contribution in [0.15, 0.2) is 0 Å². The Morgan fingerprint density at radius 2 is 2.05 bits per heavy atom. The van der Waals surface area contributed by atoms with Crippen molar-refractivity contribution in [1.82, 2.24) is 4.72 Å². The molecule has 0 radical (unpaired) electrons. The highest BCUT2D eigenvalue weighted by atomic mass is 32.2. The summed E-state index contributed by atoms with van der Waals surface area (Å²) in [5, 5.41) is 8.12. The Kier molecular flexibility index (Phi) is 6.41. The molecule has 0 spiro atoms. The summed E-state index contributed by atoms with van der Waals surface area (Å²) < 4.78 is 31.2. The fourth-order valence-corrected chi connectivity index (χ4v) is 4.17. The molecule has 1 rings (SSSR count). The Morgan fingerprint density at radius 1 is 1.35 bits per heavy atom. The average molecular weight is 307 g/mol. The van der Waals surface area contributed by atoms with E-state index in [2.05, 4.69) is 4.72 Å². The molecule has 2 unspecified atom stereocenters. The van der Waals surface area contributed by atoms with Crippen molar-refractivity contribution < 1.29 is 27.9 Å². The predicted octanol–water partition coefficient (Wildman–Crippen LogP) is 0.502. The van der Waals surface area contributed by atoms with Gasteiger partial charge in [-0.05, 0) is 26.2 Å². The van der Waals surface area contributed by atoms with E-state index in [1.54, 1.807) is 6.92 Å². The molecule has 2 atom stereocenters. The van der Waals surface area contributed by atoms with E-state index in [1.165, 1.54) is 0 Å². The zero-order valence-corrected chi connectivity index (χ0v) is 12.3. The van der Waals surface area contributed by atoms with Crippen LogP contribution in [-0.2, 0) is 24.3 Å². The average Bonchev–Trinajstić information content (AvgIpc) is 2.85. The molecule has 20 heavy (non-hydrogen) atoms. The zero-order chi connectivity index (χ0) is 15.2. The third-order valence-electron chi connectivity index (χ3n) is 3.33. The second kappa shape index (κ2) is 7.58. The molecule has 8 heteroatoms. The van der Waals surface area contributed by atoms with Gasteiger partial charge in [0.15, 0.2) is 0 Å². The van der Waals surface area contributed by atoms with Crippen molar-refractivity contribution in [3.63, 3.8) is 0 Å². The van der Waals surface area contributed by atoms with Crippen LogP contribution in [0.5, 0.6) is 0 Å². The summed E-state index contributed by atoms with van der Waals surface area (Å²) in [4.78, 5) is 22.1. The Labute approximate surface area is 118 Å². The second-order valence-corrected chi connectivity index (χ2v) is 6.75. The molecule has 1 aliphatic carbocycles. The molecule has 0 aliphatic heterocycles. The molecule has 0 heterocycles. The van der Waals surface area contributed by atoms with E-state index in [0.717, 1.165) is 0 Å². The van der Waals surface area contributed by atoms with Gasteiger partial charge in [-0.15, -0.1) is 0 Å². The standard InChI is InChI=1S/C12H21NO6S/c1-2-19-11(14)7-4-8-13-20(17,18)10-6-3-5-9(10)12(15)16/h9-10,13H,2-8H2,1H3,(H,15,16). The summed E-state index contributed by atoms with van der Waals surface area (Å²) in [6, 6.07) is 0. The van der Waals surface area contributed by atoms with Crippen LogP contribution in [0.4, 0.5) is 0 Å². The summed E-state index contributed by atoms with van der Waals surface area (Å²) in [5.74, 6) is -2.27. The lowest BCUT2D eigenvalue weighted by Crippen LogP contribution is -2.39. The third-order valence-corrected chi connectivity index (χ3v) is 5.30. The number of esters is 1. The number of nitrogens with one attached hydrogen (secondary N) is 1. The highest BCUT2D eigenvalue weighted by Gasteiger charge is 2.41. The molecular formula is C12H21NO6S. The van der Waals surface area contributed by atoms with Crippen molar-refractivity contribution in [2.45, 2.75) is 44.3 Å². The second-order valence-electron chi connectivity index (χ2n) is 4.76. The van der Waals surface area contributed by atoms with Gasteiger partial charge >= 0.3 is 11.9 Å². The van der Waals surface area contributed by atoms with Crippen LogP contribution in [0.2, 0.25) is 0 Å². The molecule has 0 saturated heterocycles. The highest BCUT2D eigenvalue weighted by Crippen LogP contribution is 2.30. The molecule has 7 nitrogen and oxygen atoms in total. The Bertz CT molecular complexity index is 447. The molecule has 2 N–H and O–H groups in total. The lowest BCUT2D eigenvalue weighted by molar-refractivity contribution is -0.143. The number of carbonyl (C=O) groups is 2. The molecule has 116 valence electrons. The predicted molar refractivity (Wildman–Crippen MR) is 71.6 cm³/mol. The maximum atomic E-state index is 12.0. The molecule has 0 aromatic rings. The minimum atomic E-state index is -3.65. The van der Waals surface area contributed by atoms with Crippen molar-refractivity contribution in [2.24, 2.45) is 5.92 Å². The molecule has 1 saturated carbocycles. The van der Waals surface area contributed by atoms with Gasteiger partial charge in [-0.3, -0.25) is 9.59 Å². The first kappa shape index (κ1) is 16.9. The van der Waals surface area contributed by atoms with E-state index >= 15 is 0 Å². The van der Waals surface area contributed by atoms with Gasteiger partial charge in [0.25, 0.3) is 0 Å². The van der Waals surface area contributed by atoms with E-state index < -0.39 is 27.2 Å². The van der Waals surface area contributed by atoms with E-state index in [1.807, 2.05) is 0 Å². The summed E-state index contributed by atoms with van der Waals surface area (Å²) in [6.45, 7) is 2.11. The van der Waals surface area contributed by atoms with Crippen molar-refractivity contribution in [1.29, 1.82) is 0 Å². The van der Waals surface area contributed by atoms with Crippen LogP contribution in [-0.4, -0.2) is 43.9 Å². The number of carboxylic acids is 1. The summed E-state index contributed by atoms with van der Waals surface area (Å²) in [7, 11) is -3.65. The lowest BCUT2D eigenvalue weighted by atomic mass is 10.1. The fourth-order valence-electron chi connectivity index (χ4n) is 2.37. The largest absolute Gasteiger partial charge is 0.481 e. The molecule has 1 aliphatic rings. The number of rotatable bonds is 8. The minimum Gasteiger partial charge on any atom is -0.481 e. The first-order valence-corrected chi connectivity index (χ1v) is 8.30. The molecule has 0 aromatic heterocycles. The normalized spacial score (nSPS) is 22.6. The van der Waals surface area contributed by atoms with Crippen molar-refractivity contribution in [2.75, 3.05) is 13.2 Å². The van der Waals surface area contributed by atoms with Crippen molar-refractivity contribution in [3.8, 4) is 0 Å². The van der Waals surface area contributed by atoms with Gasteiger partial charge in [-0.1, -0.05) is 6.42 Å². The number of hydrogen-bond donors (Lipinski definition) is 2. The van der Waals surface area contributed by atoms with Crippen LogP contribution in [0, 0.1) is 5.92 Å². The molecule has 0 bridgehead atoms. The van der Waals surface area contributed by atoms with Gasteiger partial charge in [0.1, 0.15) is 0 Å². The number of aliphatic carboxylic acids is 1. The van der Waals surface area contributed by atoms with Crippen LogP contribution in [0.3, 0.4) is 0 Å². The molecule has 1 fully saturated rings. The third kappa shape index (κ3) is 4.75. The Morgan fingerprint density at radius 3 is 2.65 bits per heavy atom. The van der Waals surface area contributed by atoms with Gasteiger partial charge in [0.2, 0.25) is 10.0 Å². The Hall–Kier alpha value is -1.15. The number of carbonyl (C=O) groups excluding carboxylic acids is 1. The SMILES string of the molecule is CCOC(=O)CCCNS(=O)(=O)C1CCCC1C(=O)O. The highest BCUT2D eigenvalue weighted by molar-refractivity contribution is 7.90. The molecular weight excluding hydrogens is 286 g/mol. The van der Waals surface area contributed by atoms with E-state index in [0.29, 0.717) is 32.3 Å². The van der Waals surface area contributed by atoms with Crippen LogP contribution >= 0.6 is 0 Å². The van der Waals surface area contributed by atoms with Gasteiger partial charge in [-0.25, -0.2) is 13.1 Å². The Balaban J connectivity index is 2.42. The van der Waals surface area contributed by atoms with Crippen LogP contribution < -0.4 is 4.72 Å². The van der Waals surface area contributed by atoms with E-state index in [4.69, 9.17) is 9.84 Å². The van der Waals surface area contributed by atoms with Crippen LogP contribution in [0.1, 0.15) is 39.0 Å². The van der Waals surface area contributed by atoms with Gasteiger partial charge in [-0.2, -0.15) is 0 Å². The molecule has 0 amide bonds. The number of ether oxygens (including phenoxy) is 1. The maximum Gasteiger partial charge on any atom is 0.307 e. The van der Waals surface area contributed by atoms with Crippen molar-refractivity contribution in [3.05, 3.63) is 0 Å². The first-order chi connectivity index (χ1) is 9.38. The summed E-state index contributed by atoms with van der Waals surface area (Å²) in [5.41, 5.74) is 0. The maximum absolute atomic E-state index is 12.0. The van der Waals surface area contributed by atoms with E-state index in [9.17, 15) is 18.0 Å². The van der Waals surface area contributed by atoms with Gasteiger partial charge < -0.3 is 9.84 Å². The quantitative estimate of drug-likeness (QED) is 0.499. The fraction of sp³-hybridized carbons (Fsp3) is 0.833. The topological polar surface area (TPSA) is 110 Å². The van der Waals surface area contributed by atoms with Gasteiger partial charge in [0.05, 0.1) is 17.8 Å². The number of sulfonamides is 1. The van der Waals surface area contributed by atoms with Crippen LogP contribution in [0.25, 0.3) is 0 Å². The summed E-state index contributed by atoms with van der Waals surface area (Å²) >= 11 is 0. The number of hydrogen-bond acceptors (Lipinski definition) is 5. The lowest BCUT2D eigenvalue weighted by Gasteiger charge is -2.17. The molecule has 0 aromatic carbocycles. The van der Waals surface area contributed by atoms with E-state index in [-0.39, 0.29) is 18.9 Å². The van der Waals surface area contributed by atoms with Crippen molar-refractivity contribution >= 4 is 22.0 Å². The first-order valence-electron chi connectivity index (χ1n) is 6.75. The zero-order valence-electron chi connectivity index (χ0n) is 11.5. The number of carboxylic acid groups (broad SMARTS) is 1. The smallest absolute Gasteiger partial charge is 0.307 e. The summed E-state index contributed by atoms with van der Waals surface area (Å²) in [6.07, 6.45) is 1.84. The monoisotopic (exact) mass is 307 g/mol. The minimum absolute atomic E-state index is 0.115.